The van der Waals surface area contributed by atoms with Crippen molar-refractivity contribution in [3.63, 3.8) is 0 Å². The van der Waals surface area contributed by atoms with Crippen molar-refractivity contribution in [2.24, 2.45) is 0 Å². The number of ether oxygens (including phenoxy) is 2. The molecule has 0 fully saturated rings. The molecule has 0 saturated carbocycles. The zero-order chi connectivity index (χ0) is 18.7. The Bertz CT molecular complexity index is 1210. The lowest BCUT2D eigenvalue weighted by atomic mass is 9.35. The van der Waals surface area contributed by atoms with Crippen LogP contribution in [0, 0.1) is 6.92 Å². The summed E-state index contributed by atoms with van der Waals surface area (Å²) < 4.78 is 12.5. The zero-order valence-corrected chi connectivity index (χ0v) is 15.5. The van der Waals surface area contributed by atoms with Crippen molar-refractivity contribution in [1.29, 1.82) is 0 Å². The van der Waals surface area contributed by atoms with E-state index in [4.69, 9.17) is 9.47 Å². The van der Waals surface area contributed by atoms with Gasteiger partial charge in [0.25, 0.3) is 6.71 Å². The number of hydrogen-bond donors (Lipinski definition) is 0. The van der Waals surface area contributed by atoms with Crippen molar-refractivity contribution in [2.75, 3.05) is 0 Å². The number of para-hydroxylation sites is 1. The van der Waals surface area contributed by atoms with Crippen molar-refractivity contribution in [3.05, 3.63) is 90.5 Å². The standard InChI is InChI=1S/C25H17BO2/c1-16-9-11-17(12-10-16)18-13-14-22-20(15-18)26-19-5-2-3-6-21(19)27-23-7-4-8-24(28-22)25(23)26/h2-15H,1H3. The molecule has 3 heteroatoms. The Labute approximate surface area is 164 Å². The highest BCUT2D eigenvalue weighted by Crippen LogP contribution is 2.35. The van der Waals surface area contributed by atoms with Crippen LogP contribution in [0.2, 0.25) is 0 Å². The summed E-state index contributed by atoms with van der Waals surface area (Å²) in [5.74, 6) is 3.60. The fourth-order valence-corrected chi connectivity index (χ4v) is 4.31. The molecule has 0 saturated heterocycles. The molecule has 4 aromatic carbocycles. The van der Waals surface area contributed by atoms with E-state index in [0.717, 1.165) is 28.5 Å². The summed E-state index contributed by atoms with van der Waals surface area (Å²) in [6, 6.07) is 29.5. The summed E-state index contributed by atoms with van der Waals surface area (Å²) in [5, 5.41) is 0. The lowest BCUT2D eigenvalue weighted by molar-refractivity contribution is 0.464. The van der Waals surface area contributed by atoms with E-state index in [2.05, 4.69) is 61.5 Å². The largest absolute Gasteiger partial charge is 0.458 e. The molecule has 0 N–H and O–H groups in total. The maximum atomic E-state index is 6.27. The summed E-state index contributed by atoms with van der Waals surface area (Å²) in [6.45, 7) is 2.23. The van der Waals surface area contributed by atoms with E-state index in [1.807, 2.05) is 30.3 Å². The average Bonchev–Trinajstić information content (AvgIpc) is 2.74. The Morgan fingerprint density at radius 2 is 1.21 bits per heavy atom. The van der Waals surface area contributed by atoms with Crippen LogP contribution in [0.15, 0.2) is 84.9 Å². The molecule has 2 aliphatic rings. The van der Waals surface area contributed by atoms with Gasteiger partial charge in [0.2, 0.25) is 0 Å². The molecular formula is C25H17BO2. The third kappa shape index (κ3) is 2.23. The van der Waals surface area contributed by atoms with Gasteiger partial charge >= 0.3 is 0 Å². The van der Waals surface area contributed by atoms with E-state index < -0.39 is 0 Å². The Morgan fingerprint density at radius 3 is 2.00 bits per heavy atom. The number of aryl methyl sites for hydroxylation is 1. The van der Waals surface area contributed by atoms with Gasteiger partial charge in [-0.25, -0.2) is 0 Å². The molecule has 2 aliphatic heterocycles. The monoisotopic (exact) mass is 360 g/mol. The van der Waals surface area contributed by atoms with Gasteiger partial charge in [0.15, 0.2) is 0 Å². The van der Waals surface area contributed by atoms with Crippen molar-refractivity contribution in [2.45, 2.75) is 6.92 Å². The number of benzene rings is 4. The first-order valence-corrected chi connectivity index (χ1v) is 9.56. The third-order valence-corrected chi connectivity index (χ3v) is 5.69. The lowest BCUT2D eigenvalue weighted by Gasteiger charge is -2.33. The molecule has 28 heavy (non-hydrogen) atoms. The van der Waals surface area contributed by atoms with E-state index in [1.54, 1.807) is 0 Å². The van der Waals surface area contributed by atoms with Crippen molar-refractivity contribution in [3.8, 4) is 34.1 Å². The van der Waals surface area contributed by atoms with Gasteiger partial charge in [0.05, 0.1) is 0 Å². The summed E-state index contributed by atoms with van der Waals surface area (Å²) in [5.41, 5.74) is 7.18. The minimum atomic E-state index is 0.116. The number of hydrogen-bond acceptors (Lipinski definition) is 2. The molecule has 0 amide bonds. The molecule has 4 aromatic rings. The van der Waals surface area contributed by atoms with Crippen LogP contribution in [-0.2, 0) is 0 Å². The third-order valence-electron chi connectivity index (χ3n) is 5.69. The van der Waals surface area contributed by atoms with E-state index in [-0.39, 0.29) is 6.71 Å². The molecule has 0 spiro atoms. The first-order valence-electron chi connectivity index (χ1n) is 9.56. The Morgan fingerprint density at radius 1 is 0.571 bits per heavy atom. The molecule has 0 aromatic heterocycles. The molecule has 2 heterocycles. The molecule has 6 rings (SSSR count). The van der Waals surface area contributed by atoms with Gasteiger partial charge in [-0.1, -0.05) is 66.2 Å². The van der Waals surface area contributed by atoms with Gasteiger partial charge in [-0.3, -0.25) is 0 Å². The van der Waals surface area contributed by atoms with Crippen LogP contribution < -0.4 is 25.9 Å². The zero-order valence-electron chi connectivity index (χ0n) is 15.5. The lowest BCUT2D eigenvalue weighted by Crippen LogP contribution is -2.57. The van der Waals surface area contributed by atoms with Gasteiger partial charge in [0.1, 0.15) is 23.0 Å². The summed E-state index contributed by atoms with van der Waals surface area (Å²) in [7, 11) is 0. The molecule has 0 bridgehead atoms. The second kappa shape index (κ2) is 5.77. The SMILES string of the molecule is Cc1ccc(-c2ccc3c(c2)B2c4ccccc4Oc4cccc(c42)O3)cc1. The minimum absolute atomic E-state index is 0.116. The highest BCUT2D eigenvalue weighted by molar-refractivity contribution is 6.98. The van der Waals surface area contributed by atoms with Crippen molar-refractivity contribution in [1.82, 2.24) is 0 Å². The Kier molecular flexibility index (Phi) is 3.21. The molecule has 0 unspecified atom stereocenters. The predicted octanol–water partition coefficient (Wildman–Crippen LogP) is 4.39. The van der Waals surface area contributed by atoms with Crippen LogP contribution in [0.5, 0.6) is 23.0 Å². The van der Waals surface area contributed by atoms with Gasteiger partial charge in [-0.2, -0.15) is 0 Å². The Balaban J connectivity index is 1.59. The summed E-state index contributed by atoms with van der Waals surface area (Å²) in [6.07, 6.45) is 0. The molecule has 0 aliphatic carbocycles. The highest BCUT2D eigenvalue weighted by Gasteiger charge is 2.39. The van der Waals surface area contributed by atoms with E-state index in [1.165, 1.54) is 27.6 Å². The Hall–Kier alpha value is -3.46. The smallest absolute Gasteiger partial charge is 0.260 e. The first kappa shape index (κ1) is 15.6. The molecule has 132 valence electrons. The number of rotatable bonds is 1. The minimum Gasteiger partial charge on any atom is -0.458 e. The van der Waals surface area contributed by atoms with E-state index in [9.17, 15) is 0 Å². The molecular weight excluding hydrogens is 343 g/mol. The number of fused-ring (bicyclic) bond motifs is 4. The van der Waals surface area contributed by atoms with Gasteiger partial charge in [-0.15, -0.1) is 0 Å². The second-order valence-electron chi connectivity index (χ2n) is 7.46. The highest BCUT2D eigenvalue weighted by atomic mass is 16.5. The molecule has 0 atom stereocenters. The van der Waals surface area contributed by atoms with E-state index in [0.29, 0.717) is 0 Å². The van der Waals surface area contributed by atoms with E-state index >= 15 is 0 Å². The normalized spacial score (nSPS) is 13.0. The second-order valence-corrected chi connectivity index (χ2v) is 7.46. The van der Waals surface area contributed by atoms with Crippen molar-refractivity contribution >= 4 is 23.1 Å². The summed E-state index contributed by atoms with van der Waals surface area (Å²) in [4.78, 5) is 0. The maximum absolute atomic E-state index is 6.27. The maximum Gasteiger partial charge on any atom is 0.260 e. The van der Waals surface area contributed by atoms with Gasteiger partial charge < -0.3 is 9.47 Å². The van der Waals surface area contributed by atoms with Crippen LogP contribution in [0.1, 0.15) is 5.56 Å². The van der Waals surface area contributed by atoms with Crippen LogP contribution in [-0.4, -0.2) is 6.71 Å². The van der Waals surface area contributed by atoms with Crippen LogP contribution in [0.25, 0.3) is 11.1 Å². The average molecular weight is 360 g/mol. The van der Waals surface area contributed by atoms with Gasteiger partial charge in [0, 0.05) is 5.46 Å². The topological polar surface area (TPSA) is 18.5 Å². The molecule has 2 nitrogen and oxygen atoms in total. The first-order chi connectivity index (χ1) is 13.8. The quantitative estimate of drug-likeness (QED) is 0.405. The summed E-state index contributed by atoms with van der Waals surface area (Å²) >= 11 is 0. The van der Waals surface area contributed by atoms with Crippen LogP contribution >= 0.6 is 0 Å². The van der Waals surface area contributed by atoms with Crippen LogP contribution in [0.3, 0.4) is 0 Å². The van der Waals surface area contributed by atoms with Gasteiger partial charge in [-0.05, 0) is 53.2 Å². The fraction of sp³-hybridized carbons (Fsp3) is 0.0400. The van der Waals surface area contributed by atoms with Crippen LogP contribution in [0.4, 0.5) is 0 Å². The molecule has 0 radical (unpaired) electrons. The van der Waals surface area contributed by atoms with Crippen molar-refractivity contribution < 1.29 is 9.47 Å². The predicted molar refractivity (Wildman–Crippen MR) is 114 cm³/mol. The fourth-order valence-electron chi connectivity index (χ4n) is 4.31.